The van der Waals surface area contributed by atoms with E-state index >= 15 is 0 Å². The molecule has 1 unspecified atom stereocenters. The molecule has 224 valence electrons. The first-order valence-electron chi connectivity index (χ1n) is 14.0. The normalized spacial score (nSPS) is 19.2. The van der Waals surface area contributed by atoms with Crippen LogP contribution < -0.4 is 0 Å². The number of nitrogens with zero attached hydrogens (tertiary/aromatic N) is 2. The van der Waals surface area contributed by atoms with Crippen LogP contribution in [0.1, 0.15) is 46.5 Å². The zero-order chi connectivity index (χ0) is 31.0. The van der Waals surface area contributed by atoms with Gasteiger partial charge in [0.15, 0.2) is 23.0 Å². The summed E-state index contributed by atoms with van der Waals surface area (Å²) < 4.78 is 22.5. The maximum absolute atomic E-state index is 13.9. The van der Waals surface area contributed by atoms with Crippen LogP contribution in [0, 0.1) is 11.8 Å². The molecule has 1 heterocycles. The highest BCUT2D eigenvalue weighted by Crippen LogP contribution is 2.33. The average Bonchev–Trinajstić information content (AvgIpc) is 3.17. The Morgan fingerprint density at radius 1 is 1.19 bits per heavy atom. The first-order chi connectivity index (χ1) is 20.3. The van der Waals surface area contributed by atoms with Gasteiger partial charge in [0.25, 0.3) is 5.91 Å². The molecule has 0 radical (unpaired) electrons. The molecule has 2 aliphatic rings. The molecule has 1 atom stereocenters. The summed E-state index contributed by atoms with van der Waals surface area (Å²) in [7, 11) is 4.83. The maximum atomic E-state index is 13.9. The van der Waals surface area contributed by atoms with Crippen molar-refractivity contribution >= 4 is 12.1 Å². The van der Waals surface area contributed by atoms with E-state index in [1.165, 1.54) is 0 Å². The summed E-state index contributed by atoms with van der Waals surface area (Å²) in [5.41, 5.74) is 1.72. The highest BCUT2D eigenvalue weighted by Gasteiger charge is 2.39. The number of carbonyl (C=O) groups excluding carboxylic acids is 1. The third kappa shape index (κ3) is 9.59. The smallest absolute Gasteiger partial charge is 0.258 e. The van der Waals surface area contributed by atoms with Crippen molar-refractivity contribution in [2.45, 2.75) is 52.0 Å². The van der Waals surface area contributed by atoms with Crippen LogP contribution in [0.3, 0.4) is 0 Å². The maximum Gasteiger partial charge on any atom is 0.258 e. The number of methoxy groups -OCH3 is 2. The van der Waals surface area contributed by atoms with Gasteiger partial charge in [-0.2, -0.15) is 0 Å². The molecule has 0 saturated heterocycles. The molecular formula is C35H44N2O5. The molecule has 0 bridgehead atoms. The van der Waals surface area contributed by atoms with Crippen molar-refractivity contribution in [1.29, 1.82) is 0 Å². The number of aliphatic imine (C=N–C) groups is 1. The van der Waals surface area contributed by atoms with Gasteiger partial charge in [0.05, 0.1) is 33.0 Å². The molecule has 1 aliphatic carbocycles. The summed E-state index contributed by atoms with van der Waals surface area (Å²) in [6.07, 6.45) is 21.0. The molecule has 0 fully saturated rings. The van der Waals surface area contributed by atoms with Crippen molar-refractivity contribution in [3.8, 4) is 11.8 Å². The van der Waals surface area contributed by atoms with E-state index in [9.17, 15) is 4.79 Å². The van der Waals surface area contributed by atoms with E-state index in [-0.39, 0.29) is 5.91 Å². The van der Waals surface area contributed by atoms with Crippen molar-refractivity contribution in [3.63, 3.8) is 0 Å². The van der Waals surface area contributed by atoms with Crippen molar-refractivity contribution in [2.75, 3.05) is 34.5 Å². The lowest BCUT2D eigenvalue weighted by Crippen LogP contribution is -2.45. The Morgan fingerprint density at radius 3 is 2.62 bits per heavy atom. The van der Waals surface area contributed by atoms with Crippen LogP contribution in [0.5, 0.6) is 0 Å². The van der Waals surface area contributed by atoms with Gasteiger partial charge in [-0.1, -0.05) is 55.4 Å². The summed E-state index contributed by atoms with van der Waals surface area (Å²) >= 11 is 0. The Kier molecular flexibility index (Phi) is 14.0. The number of carbonyl (C=O) groups is 1. The van der Waals surface area contributed by atoms with Gasteiger partial charge in [0, 0.05) is 49.0 Å². The lowest BCUT2D eigenvalue weighted by Gasteiger charge is -2.31. The molecule has 7 nitrogen and oxygen atoms in total. The summed E-state index contributed by atoms with van der Waals surface area (Å²) in [6, 6.07) is 0. The largest absolute Gasteiger partial charge is 0.494 e. The molecule has 42 heavy (non-hydrogen) atoms. The minimum absolute atomic E-state index is 0.163. The second-order valence-corrected chi connectivity index (χ2v) is 9.69. The predicted octanol–water partition coefficient (Wildman–Crippen LogP) is 6.88. The fourth-order valence-corrected chi connectivity index (χ4v) is 4.36. The van der Waals surface area contributed by atoms with Crippen molar-refractivity contribution in [1.82, 2.24) is 4.90 Å². The topological polar surface area (TPSA) is 69.6 Å². The summed E-state index contributed by atoms with van der Waals surface area (Å²) in [5.74, 6) is 8.49. The first kappa shape index (κ1) is 33.8. The van der Waals surface area contributed by atoms with Crippen LogP contribution in [0.4, 0.5) is 0 Å². The van der Waals surface area contributed by atoms with Gasteiger partial charge in [0.1, 0.15) is 0 Å². The average molecular weight is 573 g/mol. The van der Waals surface area contributed by atoms with E-state index in [1.54, 1.807) is 44.5 Å². The van der Waals surface area contributed by atoms with Gasteiger partial charge in [-0.3, -0.25) is 9.79 Å². The minimum atomic E-state index is -0.643. The molecule has 0 aromatic rings. The minimum Gasteiger partial charge on any atom is -0.494 e. The van der Waals surface area contributed by atoms with Crippen molar-refractivity contribution in [3.05, 3.63) is 108 Å². The number of amides is 1. The molecule has 1 amide bonds. The number of rotatable bonds is 14. The standard InChI is InChI=1S/C35H44N2O5/c1-9-12-13-16-28(10-2)19-20-29-24-35(5,26-36-6)37(25-29)34(38)30-17-14-18-32(33(23-30)40-8)42-22-15-21-41-31(11-3)27(4)39-7/h9-13,17-18,23,25-26H,1,4,14-16,21-22,24H2,2-3,5-8H3/b13-12-,28-10+,31-11+,36-26?. The molecule has 0 spiro atoms. The Bertz CT molecular complexity index is 1310. The van der Waals surface area contributed by atoms with Gasteiger partial charge in [-0.05, 0) is 51.8 Å². The van der Waals surface area contributed by atoms with Crippen molar-refractivity contribution < 1.29 is 23.7 Å². The fraction of sp³-hybridized carbons (Fsp3) is 0.371. The highest BCUT2D eigenvalue weighted by molar-refractivity contribution is 6.00. The number of hydrogen-bond acceptors (Lipinski definition) is 6. The quantitative estimate of drug-likeness (QED) is 0.0747. The zero-order valence-corrected chi connectivity index (χ0v) is 25.9. The number of allylic oxidation sites excluding steroid dienone is 8. The summed E-state index contributed by atoms with van der Waals surface area (Å²) in [5, 5.41) is 0. The van der Waals surface area contributed by atoms with Crippen LogP contribution in [-0.4, -0.2) is 57.0 Å². The third-order valence-electron chi connectivity index (χ3n) is 6.58. The predicted molar refractivity (Wildman–Crippen MR) is 170 cm³/mol. The molecule has 7 heteroatoms. The molecule has 0 saturated carbocycles. The summed E-state index contributed by atoms with van der Waals surface area (Å²) in [4.78, 5) is 19.8. The van der Waals surface area contributed by atoms with E-state index in [0.29, 0.717) is 61.1 Å². The van der Waals surface area contributed by atoms with Crippen molar-refractivity contribution in [2.24, 2.45) is 4.99 Å². The first-order valence-corrected chi connectivity index (χ1v) is 14.0. The lowest BCUT2D eigenvalue weighted by molar-refractivity contribution is -0.126. The fourth-order valence-electron chi connectivity index (χ4n) is 4.36. The molecule has 0 N–H and O–H groups in total. The van der Waals surface area contributed by atoms with Gasteiger partial charge in [-0.25, -0.2) is 0 Å². The van der Waals surface area contributed by atoms with E-state index < -0.39 is 5.54 Å². The Labute approximate surface area is 251 Å². The molecule has 2 rings (SSSR count). The highest BCUT2D eigenvalue weighted by atomic mass is 16.5. The van der Waals surface area contributed by atoms with Crippen LogP contribution in [0.2, 0.25) is 0 Å². The van der Waals surface area contributed by atoms with Gasteiger partial charge in [0.2, 0.25) is 0 Å². The van der Waals surface area contributed by atoms with E-state index in [1.807, 2.05) is 63.4 Å². The van der Waals surface area contributed by atoms with Gasteiger partial charge < -0.3 is 23.8 Å². The molecular weight excluding hydrogens is 528 g/mol. The SMILES string of the molecule is C=C/C=C\C/C(C#CC1=CN(C(=O)C2=CCC=C(OCCCO/C(=C/C)C(=C)OC)C(OC)=C2)C(C)(C=NC)C1)=C\C. The van der Waals surface area contributed by atoms with E-state index in [2.05, 4.69) is 30.0 Å². The van der Waals surface area contributed by atoms with E-state index in [0.717, 1.165) is 17.6 Å². The Morgan fingerprint density at radius 2 is 1.98 bits per heavy atom. The van der Waals surface area contributed by atoms with Crippen LogP contribution in [0.15, 0.2) is 113 Å². The second kappa shape index (κ2) is 17.4. The second-order valence-electron chi connectivity index (χ2n) is 9.69. The lowest BCUT2D eigenvalue weighted by atomic mass is 9.96. The zero-order valence-electron chi connectivity index (χ0n) is 25.9. The van der Waals surface area contributed by atoms with Crippen LogP contribution in [0.25, 0.3) is 0 Å². The summed E-state index contributed by atoms with van der Waals surface area (Å²) in [6.45, 7) is 14.2. The molecule has 1 aliphatic heterocycles. The monoisotopic (exact) mass is 572 g/mol. The van der Waals surface area contributed by atoms with Gasteiger partial charge >= 0.3 is 0 Å². The van der Waals surface area contributed by atoms with Crippen LogP contribution in [-0.2, 0) is 23.7 Å². The van der Waals surface area contributed by atoms with Gasteiger partial charge in [-0.15, -0.1) is 0 Å². The number of hydrogen-bond donors (Lipinski definition) is 0. The number of ether oxygens (including phenoxy) is 4. The molecule has 0 aromatic carbocycles. The van der Waals surface area contributed by atoms with E-state index in [4.69, 9.17) is 18.9 Å². The molecule has 0 aromatic heterocycles. The van der Waals surface area contributed by atoms with Crippen LogP contribution >= 0.6 is 0 Å². The Balaban J connectivity index is 2.16. The third-order valence-corrected chi connectivity index (χ3v) is 6.58. The Hall–Kier alpha value is -4.44.